The molecule has 3 aromatic rings. The zero-order valence-corrected chi connectivity index (χ0v) is 23.2. The van der Waals surface area contributed by atoms with Crippen molar-refractivity contribution in [3.63, 3.8) is 0 Å². The van der Waals surface area contributed by atoms with E-state index in [1.54, 1.807) is 24.0 Å². The van der Waals surface area contributed by atoms with Gasteiger partial charge in [-0.25, -0.2) is 0 Å². The highest BCUT2D eigenvalue weighted by molar-refractivity contribution is 5.97. The molecule has 3 atom stereocenters. The third kappa shape index (κ3) is 5.69. The fourth-order valence-corrected chi connectivity index (χ4v) is 5.27. The van der Waals surface area contributed by atoms with Crippen LogP contribution < -0.4 is 9.47 Å². The van der Waals surface area contributed by atoms with Crippen LogP contribution in [-0.2, 0) is 22.7 Å². The summed E-state index contributed by atoms with van der Waals surface area (Å²) in [6.07, 6.45) is 0. The third-order valence-corrected chi connectivity index (χ3v) is 7.48. The summed E-state index contributed by atoms with van der Waals surface area (Å²) in [6.45, 7) is 8.82. The van der Waals surface area contributed by atoms with E-state index in [1.807, 2.05) is 76.2 Å². The molecular weight excluding hydrogens is 476 g/mol. The second-order valence-electron chi connectivity index (χ2n) is 10.5. The maximum absolute atomic E-state index is 14.4. The van der Waals surface area contributed by atoms with E-state index in [0.29, 0.717) is 13.1 Å². The Bertz CT molecular complexity index is 1240. The fraction of sp³-hybridized carbons (Fsp3) is 0.375. The number of nitrogens with zero attached hydrogens (tertiary/aromatic N) is 2. The molecule has 0 spiro atoms. The van der Waals surface area contributed by atoms with E-state index in [-0.39, 0.29) is 23.7 Å². The van der Waals surface area contributed by atoms with Gasteiger partial charge in [-0.15, -0.1) is 0 Å². The largest absolute Gasteiger partial charge is 0.497 e. The van der Waals surface area contributed by atoms with Crippen molar-refractivity contribution in [2.24, 2.45) is 5.92 Å². The van der Waals surface area contributed by atoms with Gasteiger partial charge in [-0.05, 0) is 53.8 Å². The standard InChI is InChI=1S/C32H38N2O4/c1-21(2)29-31(35)34(20-25-11-17-28(38-6)18-12-25)30(23(4)26-13-7-22(3)8-14-26)32(36)33(29)19-24-9-15-27(37-5)16-10-24/h7-18,21,23,29-30H,19-20H2,1-6H3/t23-,29-,30+/m0/s1. The monoisotopic (exact) mass is 514 g/mol. The third-order valence-electron chi connectivity index (χ3n) is 7.48. The van der Waals surface area contributed by atoms with Gasteiger partial charge < -0.3 is 19.3 Å². The van der Waals surface area contributed by atoms with E-state index in [9.17, 15) is 9.59 Å². The lowest BCUT2D eigenvalue weighted by Crippen LogP contribution is -2.66. The summed E-state index contributed by atoms with van der Waals surface area (Å²) in [4.78, 5) is 32.2. The van der Waals surface area contributed by atoms with Crippen LogP contribution in [0.2, 0.25) is 0 Å². The Labute approximate surface area is 226 Å². The minimum Gasteiger partial charge on any atom is -0.497 e. The van der Waals surface area contributed by atoms with E-state index >= 15 is 0 Å². The number of amides is 2. The van der Waals surface area contributed by atoms with Crippen molar-refractivity contribution in [2.75, 3.05) is 14.2 Å². The lowest BCUT2D eigenvalue weighted by atomic mass is 9.85. The van der Waals surface area contributed by atoms with E-state index in [0.717, 1.165) is 33.8 Å². The van der Waals surface area contributed by atoms with Crippen molar-refractivity contribution < 1.29 is 19.1 Å². The lowest BCUT2D eigenvalue weighted by Gasteiger charge is -2.48. The quantitative estimate of drug-likeness (QED) is 0.374. The molecule has 1 saturated heterocycles. The Hall–Kier alpha value is -3.80. The van der Waals surface area contributed by atoms with Crippen LogP contribution in [0, 0.1) is 12.8 Å². The summed E-state index contributed by atoms with van der Waals surface area (Å²) in [5.41, 5.74) is 4.11. The summed E-state index contributed by atoms with van der Waals surface area (Å²) in [5, 5.41) is 0. The first-order chi connectivity index (χ1) is 18.2. The van der Waals surface area contributed by atoms with Gasteiger partial charge in [0, 0.05) is 19.0 Å². The Morgan fingerprint density at radius 2 is 1.08 bits per heavy atom. The van der Waals surface area contributed by atoms with E-state index < -0.39 is 12.1 Å². The summed E-state index contributed by atoms with van der Waals surface area (Å²) in [7, 11) is 3.26. The summed E-state index contributed by atoms with van der Waals surface area (Å²) >= 11 is 0. The molecule has 0 aromatic heterocycles. The van der Waals surface area contributed by atoms with Crippen molar-refractivity contribution >= 4 is 11.8 Å². The molecule has 1 aliphatic rings. The van der Waals surface area contributed by atoms with Crippen LogP contribution in [0.5, 0.6) is 11.5 Å². The second-order valence-corrected chi connectivity index (χ2v) is 10.5. The number of piperazine rings is 1. The molecule has 3 aromatic carbocycles. The van der Waals surface area contributed by atoms with Crippen LogP contribution in [0.3, 0.4) is 0 Å². The van der Waals surface area contributed by atoms with E-state index in [2.05, 4.69) is 24.3 Å². The molecule has 0 N–H and O–H groups in total. The van der Waals surface area contributed by atoms with E-state index in [4.69, 9.17) is 9.47 Å². The number of methoxy groups -OCH3 is 2. The van der Waals surface area contributed by atoms with E-state index in [1.165, 1.54) is 0 Å². The normalized spacial score (nSPS) is 18.6. The molecule has 0 aliphatic carbocycles. The average Bonchev–Trinajstić information content (AvgIpc) is 2.92. The van der Waals surface area contributed by atoms with Crippen molar-refractivity contribution in [1.82, 2.24) is 9.80 Å². The zero-order valence-electron chi connectivity index (χ0n) is 23.2. The topological polar surface area (TPSA) is 59.1 Å². The first-order valence-corrected chi connectivity index (χ1v) is 13.2. The Balaban J connectivity index is 1.74. The number of aryl methyl sites for hydroxylation is 1. The first kappa shape index (κ1) is 27.2. The van der Waals surface area contributed by atoms with Crippen molar-refractivity contribution in [3.8, 4) is 11.5 Å². The molecule has 6 nitrogen and oxygen atoms in total. The van der Waals surface area contributed by atoms with Crippen molar-refractivity contribution in [1.29, 1.82) is 0 Å². The molecule has 38 heavy (non-hydrogen) atoms. The maximum Gasteiger partial charge on any atom is 0.247 e. The van der Waals surface area contributed by atoms with Gasteiger partial charge in [-0.2, -0.15) is 0 Å². The molecule has 200 valence electrons. The highest BCUT2D eigenvalue weighted by Crippen LogP contribution is 2.34. The zero-order chi connectivity index (χ0) is 27.4. The second kappa shape index (κ2) is 11.7. The SMILES string of the molecule is COc1ccc(CN2C(=O)[C@@H]([C@@H](C)c3ccc(C)cc3)N(Cc3ccc(OC)cc3)C(=O)[C@@H]2C(C)C)cc1. The smallest absolute Gasteiger partial charge is 0.247 e. The van der Waals surface area contributed by atoms with Gasteiger partial charge in [0.05, 0.1) is 14.2 Å². The Kier molecular flexibility index (Phi) is 8.40. The van der Waals surface area contributed by atoms with Gasteiger partial charge in [-0.1, -0.05) is 74.9 Å². The van der Waals surface area contributed by atoms with Crippen LogP contribution in [0.25, 0.3) is 0 Å². The maximum atomic E-state index is 14.4. The number of ether oxygens (including phenoxy) is 2. The van der Waals surface area contributed by atoms with Gasteiger partial charge in [0.2, 0.25) is 11.8 Å². The molecule has 1 heterocycles. The molecule has 0 unspecified atom stereocenters. The minimum absolute atomic E-state index is 0.0205. The highest BCUT2D eigenvalue weighted by Gasteiger charge is 2.49. The highest BCUT2D eigenvalue weighted by atomic mass is 16.5. The molecular formula is C32H38N2O4. The van der Waals surface area contributed by atoms with Gasteiger partial charge >= 0.3 is 0 Å². The van der Waals surface area contributed by atoms with Gasteiger partial charge in [-0.3, -0.25) is 9.59 Å². The predicted molar refractivity (Wildman–Crippen MR) is 149 cm³/mol. The van der Waals surface area contributed by atoms with Crippen LogP contribution >= 0.6 is 0 Å². The number of benzene rings is 3. The van der Waals surface area contributed by atoms with Crippen LogP contribution in [0.1, 0.15) is 48.9 Å². The molecule has 1 aliphatic heterocycles. The number of rotatable bonds is 9. The lowest BCUT2D eigenvalue weighted by molar-refractivity contribution is -0.166. The van der Waals surface area contributed by atoms with Crippen molar-refractivity contribution in [3.05, 3.63) is 95.1 Å². The van der Waals surface area contributed by atoms with Gasteiger partial charge in [0.25, 0.3) is 0 Å². The molecule has 0 radical (unpaired) electrons. The molecule has 1 fully saturated rings. The minimum atomic E-state index is -0.624. The van der Waals surface area contributed by atoms with Gasteiger partial charge in [0.1, 0.15) is 23.6 Å². The number of hydrogen-bond acceptors (Lipinski definition) is 4. The molecule has 6 heteroatoms. The van der Waals surface area contributed by atoms with Crippen LogP contribution in [0.15, 0.2) is 72.8 Å². The number of carbonyl (C=O) groups excluding carboxylic acids is 2. The summed E-state index contributed by atoms with van der Waals surface area (Å²) in [6, 6.07) is 22.4. The first-order valence-electron chi connectivity index (χ1n) is 13.2. The number of carbonyl (C=O) groups is 2. The Morgan fingerprint density at radius 3 is 1.50 bits per heavy atom. The number of hydrogen-bond donors (Lipinski definition) is 0. The molecule has 0 saturated carbocycles. The molecule has 0 bridgehead atoms. The summed E-state index contributed by atoms with van der Waals surface area (Å²) < 4.78 is 10.6. The van der Waals surface area contributed by atoms with Crippen LogP contribution in [0.4, 0.5) is 0 Å². The van der Waals surface area contributed by atoms with Gasteiger partial charge in [0.15, 0.2) is 0 Å². The summed E-state index contributed by atoms with van der Waals surface area (Å²) in [5.74, 6) is 1.24. The molecule has 2 amide bonds. The fourth-order valence-electron chi connectivity index (χ4n) is 5.27. The molecule has 4 rings (SSSR count). The Morgan fingerprint density at radius 1 is 0.658 bits per heavy atom. The average molecular weight is 515 g/mol. The van der Waals surface area contributed by atoms with Crippen molar-refractivity contribution in [2.45, 2.75) is 58.8 Å². The van der Waals surface area contributed by atoms with Crippen LogP contribution in [-0.4, -0.2) is 47.9 Å². The predicted octanol–water partition coefficient (Wildman–Crippen LogP) is 5.58.